The lowest BCUT2D eigenvalue weighted by molar-refractivity contribution is -0.113. The van der Waals surface area contributed by atoms with Crippen molar-refractivity contribution in [1.29, 1.82) is 0 Å². The fourth-order valence-electron chi connectivity index (χ4n) is 2.44. The lowest BCUT2D eigenvalue weighted by Crippen LogP contribution is -2.20. The Labute approximate surface area is 175 Å². The summed E-state index contributed by atoms with van der Waals surface area (Å²) in [5, 5.41) is 7.78. The maximum Gasteiger partial charge on any atom is 0.271 e. The molecule has 144 valence electrons. The number of benzene rings is 2. The van der Waals surface area contributed by atoms with Crippen molar-refractivity contribution in [1.82, 2.24) is 9.78 Å². The summed E-state index contributed by atoms with van der Waals surface area (Å²) in [5.74, 6) is 0.737. The lowest BCUT2D eigenvalue weighted by atomic mass is 10.2. The molecule has 0 bridgehead atoms. The van der Waals surface area contributed by atoms with Crippen molar-refractivity contribution in [3.8, 4) is 11.4 Å². The third-order valence-electron chi connectivity index (χ3n) is 3.89. The molecular weight excluding hydrogens is 442 g/mol. The number of methoxy groups -OCH3 is 1. The first-order chi connectivity index (χ1) is 13.5. The Morgan fingerprint density at radius 3 is 2.61 bits per heavy atom. The number of hydrogen-bond donors (Lipinski definition) is 1. The highest BCUT2D eigenvalue weighted by molar-refractivity contribution is 9.10. The fraction of sp³-hybridized carbons (Fsp3) is 0.150. The van der Waals surface area contributed by atoms with E-state index < -0.39 is 0 Å². The maximum atomic E-state index is 12.2. The van der Waals surface area contributed by atoms with Crippen LogP contribution in [0.3, 0.4) is 0 Å². The van der Waals surface area contributed by atoms with Crippen molar-refractivity contribution < 1.29 is 9.53 Å². The molecule has 6 nitrogen and oxygen atoms in total. The number of halogens is 1. The van der Waals surface area contributed by atoms with Gasteiger partial charge in [-0.25, -0.2) is 0 Å². The molecular formula is C20H18BrN3O3S. The quantitative estimate of drug-likeness (QED) is 0.563. The van der Waals surface area contributed by atoms with E-state index in [0.29, 0.717) is 16.5 Å². The maximum absolute atomic E-state index is 12.2. The number of aryl methyl sites for hydroxylation is 1. The molecule has 0 fully saturated rings. The standard InChI is InChI=1S/C20H18BrN3O3S/c1-13-11-14(3-8-17(13)21)22-18(25)12-28-19-9-10-20(26)24(23-19)15-4-6-16(27-2)7-5-15/h3-11H,12H2,1-2H3,(H,22,25). The van der Waals surface area contributed by atoms with E-state index in [2.05, 4.69) is 26.3 Å². The number of nitrogens with one attached hydrogen (secondary N) is 1. The Morgan fingerprint density at radius 1 is 1.18 bits per heavy atom. The van der Waals surface area contributed by atoms with Crippen LogP contribution in [0.2, 0.25) is 0 Å². The van der Waals surface area contributed by atoms with Crippen molar-refractivity contribution >= 4 is 39.3 Å². The minimum Gasteiger partial charge on any atom is -0.497 e. The second kappa shape index (κ2) is 9.07. The number of ether oxygens (including phenoxy) is 1. The fourth-order valence-corrected chi connectivity index (χ4v) is 3.34. The first-order valence-corrected chi connectivity index (χ1v) is 10.2. The first kappa shape index (κ1) is 20.2. The van der Waals surface area contributed by atoms with Crippen LogP contribution in [0, 0.1) is 6.92 Å². The van der Waals surface area contributed by atoms with Crippen molar-refractivity contribution in [3.63, 3.8) is 0 Å². The molecule has 0 saturated carbocycles. The van der Waals surface area contributed by atoms with E-state index >= 15 is 0 Å². The molecule has 8 heteroatoms. The number of amides is 1. The number of carbonyl (C=O) groups excluding carboxylic acids is 1. The van der Waals surface area contributed by atoms with Crippen LogP contribution in [0.1, 0.15) is 5.56 Å². The summed E-state index contributed by atoms with van der Waals surface area (Å²) >= 11 is 4.70. The molecule has 0 radical (unpaired) electrons. The van der Waals surface area contributed by atoms with Gasteiger partial charge in [0, 0.05) is 16.2 Å². The van der Waals surface area contributed by atoms with E-state index in [9.17, 15) is 9.59 Å². The summed E-state index contributed by atoms with van der Waals surface area (Å²) in [7, 11) is 1.58. The van der Waals surface area contributed by atoms with E-state index in [4.69, 9.17) is 4.74 Å². The number of rotatable bonds is 6. The summed E-state index contributed by atoms with van der Waals surface area (Å²) in [4.78, 5) is 24.4. The zero-order valence-corrected chi connectivity index (χ0v) is 17.7. The van der Waals surface area contributed by atoms with E-state index in [1.54, 1.807) is 37.4 Å². The van der Waals surface area contributed by atoms with Crippen LogP contribution >= 0.6 is 27.7 Å². The van der Waals surface area contributed by atoms with Gasteiger partial charge in [-0.3, -0.25) is 9.59 Å². The zero-order chi connectivity index (χ0) is 20.1. The molecule has 0 unspecified atom stereocenters. The molecule has 0 aliphatic carbocycles. The highest BCUT2D eigenvalue weighted by Gasteiger charge is 2.08. The van der Waals surface area contributed by atoms with Gasteiger partial charge in [-0.05, 0) is 61.0 Å². The predicted octanol–water partition coefficient (Wildman–Crippen LogP) is 4.04. The first-order valence-electron chi connectivity index (χ1n) is 8.40. The van der Waals surface area contributed by atoms with Gasteiger partial charge in [0.05, 0.1) is 18.6 Å². The van der Waals surface area contributed by atoms with Crippen molar-refractivity contribution in [3.05, 3.63) is 75.0 Å². The molecule has 2 aromatic carbocycles. The minimum absolute atomic E-state index is 0.143. The Hall–Kier alpha value is -2.58. The van der Waals surface area contributed by atoms with Gasteiger partial charge in [-0.2, -0.15) is 9.78 Å². The van der Waals surface area contributed by atoms with Crippen LogP contribution in [0.15, 0.2) is 68.9 Å². The Bertz CT molecular complexity index is 1050. The number of aromatic nitrogens is 2. The third kappa shape index (κ3) is 5.02. The van der Waals surface area contributed by atoms with Gasteiger partial charge in [-0.15, -0.1) is 0 Å². The second-order valence-electron chi connectivity index (χ2n) is 5.92. The van der Waals surface area contributed by atoms with Crippen molar-refractivity contribution in [2.75, 3.05) is 18.2 Å². The lowest BCUT2D eigenvalue weighted by Gasteiger charge is -2.09. The molecule has 0 saturated heterocycles. The normalized spacial score (nSPS) is 10.5. The van der Waals surface area contributed by atoms with Crippen LogP contribution in [0.25, 0.3) is 5.69 Å². The molecule has 1 aromatic heterocycles. The molecule has 0 spiro atoms. The summed E-state index contributed by atoms with van der Waals surface area (Å²) in [5.41, 5.74) is 2.16. The van der Waals surface area contributed by atoms with Gasteiger partial charge in [0.1, 0.15) is 10.8 Å². The van der Waals surface area contributed by atoms with Crippen molar-refractivity contribution in [2.24, 2.45) is 0 Å². The van der Waals surface area contributed by atoms with Gasteiger partial charge in [-0.1, -0.05) is 27.7 Å². The largest absolute Gasteiger partial charge is 0.497 e. The molecule has 28 heavy (non-hydrogen) atoms. The number of hydrogen-bond acceptors (Lipinski definition) is 5. The van der Waals surface area contributed by atoms with Crippen LogP contribution in [-0.4, -0.2) is 28.6 Å². The highest BCUT2D eigenvalue weighted by atomic mass is 79.9. The van der Waals surface area contributed by atoms with E-state index in [1.807, 2.05) is 25.1 Å². The summed E-state index contributed by atoms with van der Waals surface area (Å²) in [6, 6.07) is 15.7. The number of thioether (sulfide) groups is 1. The molecule has 0 aliphatic heterocycles. The average Bonchev–Trinajstić information content (AvgIpc) is 2.70. The Balaban J connectivity index is 1.68. The van der Waals surface area contributed by atoms with Gasteiger partial charge >= 0.3 is 0 Å². The van der Waals surface area contributed by atoms with E-state index in [0.717, 1.165) is 15.7 Å². The van der Waals surface area contributed by atoms with Gasteiger partial charge in [0.25, 0.3) is 5.56 Å². The van der Waals surface area contributed by atoms with E-state index in [-0.39, 0.29) is 17.2 Å². The van der Waals surface area contributed by atoms with Gasteiger partial charge in [0.15, 0.2) is 0 Å². The zero-order valence-electron chi connectivity index (χ0n) is 15.3. The monoisotopic (exact) mass is 459 g/mol. The molecule has 1 heterocycles. The van der Waals surface area contributed by atoms with Gasteiger partial charge < -0.3 is 10.1 Å². The average molecular weight is 460 g/mol. The van der Waals surface area contributed by atoms with E-state index in [1.165, 1.54) is 22.5 Å². The SMILES string of the molecule is COc1ccc(-n2nc(SCC(=O)Nc3ccc(Br)c(C)c3)ccc2=O)cc1. The molecule has 0 atom stereocenters. The third-order valence-corrected chi connectivity index (χ3v) is 5.70. The predicted molar refractivity (Wildman–Crippen MR) is 115 cm³/mol. The molecule has 0 aliphatic rings. The van der Waals surface area contributed by atoms with Crippen LogP contribution in [0.5, 0.6) is 5.75 Å². The summed E-state index contributed by atoms with van der Waals surface area (Å²) in [6.07, 6.45) is 0. The van der Waals surface area contributed by atoms with Crippen LogP contribution in [0.4, 0.5) is 5.69 Å². The number of anilines is 1. The molecule has 3 rings (SSSR count). The molecule has 3 aromatic rings. The molecule has 1 N–H and O–H groups in total. The van der Waals surface area contributed by atoms with Crippen LogP contribution < -0.4 is 15.6 Å². The number of nitrogens with zero attached hydrogens (tertiary/aromatic N) is 2. The smallest absolute Gasteiger partial charge is 0.271 e. The summed E-state index contributed by atoms with van der Waals surface area (Å²) in [6.45, 7) is 1.96. The molecule has 1 amide bonds. The van der Waals surface area contributed by atoms with Gasteiger partial charge in [0.2, 0.25) is 5.91 Å². The van der Waals surface area contributed by atoms with Crippen LogP contribution in [-0.2, 0) is 4.79 Å². The Morgan fingerprint density at radius 2 is 1.93 bits per heavy atom. The summed E-state index contributed by atoms with van der Waals surface area (Å²) < 4.78 is 7.42. The minimum atomic E-state index is -0.246. The highest BCUT2D eigenvalue weighted by Crippen LogP contribution is 2.21. The topological polar surface area (TPSA) is 73.2 Å². The second-order valence-corrected chi connectivity index (χ2v) is 7.77. The Kier molecular flexibility index (Phi) is 6.53. The van der Waals surface area contributed by atoms with Crippen molar-refractivity contribution in [2.45, 2.75) is 11.9 Å². The number of carbonyl (C=O) groups is 1.